The van der Waals surface area contributed by atoms with E-state index >= 15 is 0 Å². The van der Waals surface area contributed by atoms with Gasteiger partial charge in [0.25, 0.3) is 0 Å². The van der Waals surface area contributed by atoms with E-state index in [2.05, 4.69) is 4.98 Å². The number of aryl methyl sites for hydroxylation is 1. The molecule has 0 aliphatic rings. The third-order valence-corrected chi connectivity index (χ3v) is 2.36. The molecule has 1 aromatic heterocycles. The van der Waals surface area contributed by atoms with E-state index in [1.165, 1.54) is 6.20 Å². The standard InChI is InChI=1S/C12H11FN2/c1-8-2-3-9(6-12(8)14)10-4-5-15-7-11(10)13/h2-7H,14H2,1H3. The molecule has 2 aromatic rings. The van der Waals surface area contributed by atoms with Crippen molar-refractivity contribution in [1.29, 1.82) is 0 Å². The molecular weight excluding hydrogens is 191 g/mol. The highest BCUT2D eigenvalue weighted by molar-refractivity contribution is 5.68. The van der Waals surface area contributed by atoms with E-state index in [1.54, 1.807) is 18.3 Å². The average molecular weight is 202 g/mol. The van der Waals surface area contributed by atoms with Gasteiger partial charge in [0.1, 0.15) is 5.82 Å². The van der Waals surface area contributed by atoms with Crippen molar-refractivity contribution in [3.8, 4) is 11.1 Å². The van der Waals surface area contributed by atoms with Crippen molar-refractivity contribution in [2.45, 2.75) is 6.92 Å². The first kappa shape index (κ1) is 9.65. The largest absolute Gasteiger partial charge is 0.398 e. The molecule has 15 heavy (non-hydrogen) atoms. The maximum atomic E-state index is 13.4. The molecule has 0 amide bonds. The lowest BCUT2D eigenvalue weighted by Crippen LogP contribution is -1.91. The number of anilines is 1. The van der Waals surface area contributed by atoms with Crippen molar-refractivity contribution in [3.05, 3.63) is 48.0 Å². The zero-order chi connectivity index (χ0) is 10.8. The Morgan fingerprint density at radius 1 is 1.27 bits per heavy atom. The highest BCUT2D eigenvalue weighted by Gasteiger charge is 2.05. The minimum atomic E-state index is -0.333. The van der Waals surface area contributed by atoms with Gasteiger partial charge in [-0.3, -0.25) is 4.98 Å². The SMILES string of the molecule is Cc1ccc(-c2ccncc2F)cc1N. The summed E-state index contributed by atoms with van der Waals surface area (Å²) >= 11 is 0. The molecule has 0 saturated carbocycles. The molecule has 2 N–H and O–H groups in total. The summed E-state index contributed by atoms with van der Waals surface area (Å²) in [5.74, 6) is -0.333. The Labute approximate surface area is 87.6 Å². The summed E-state index contributed by atoms with van der Waals surface area (Å²) in [5, 5.41) is 0. The molecule has 0 fully saturated rings. The number of nitrogens with two attached hydrogens (primary N) is 1. The Kier molecular flexibility index (Phi) is 2.37. The van der Waals surface area contributed by atoms with Gasteiger partial charge in [-0.1, -0.05) is 12.1 Å². The number of hydrogen-bond acceptors (Lipinski definition) is 2. The summed E-state index contributed by atoms with van der Waals surface area (Å²) < 4.78 is 13.4. The molecule has 0 aliphatic heterocycles. The van der Waals surface area contributed by atoms with E-state index in [4.69, 9.17) is 5.73 Å². The summed E-state index contributed by atoms with van der Waals surface area (Å²) in [7, 11) is 0. The Morgan fingerprint density at radius 3 is 2.73 bits per heavy atom. The number of pyridine rings is 1. The van der Waals surface area contributed by atoms with Crippen molar-refractivity contribution >= 4 is 5.69 Å². The Morgan fingerprint density at radius 2 is 2.07 bits per heavy atom. The van der Waals surface area contributed by atoms with Crippen LogP contribution in [0.25, 0.3) is 11.1 Å². The van der Waals surface area contributed by atoms with Crippen LogP contribution in [-0.2, 0) is 0 Å². The van der Waals surface area contributed by atoms with Crippen molar-refractivity contribution in [2.75, 3.05) is 5.73 Å². The Balaban J connectivity index is 2.55. The van der Waals surface area contributed by atoms with Gasteiger partial charge in [0.05, 0.1) is 6.20 Å². The third-order valence-electron chi connectivity index (χ3n) is 2.36. The van der Waals surface area contributed by atoms with Gasteiger partial charge in [-0.25, -0.2) is 4.39 Å². The van der Waals surface area contributed by atoms with Gasteiger partial charge < -0.3 is 5.73 Å². The number of aromatic nitrogens is 1. The molecule has 1 heterocycles. The lowest BCUT2D eigenvalue weighted by atomic mass is 10.0. The molecule has 0 radical (unpaired) electrons. The van der Waals surface area contributed by atoms with Crippen LogP contribution in [0.1, 0.15) is 5.56 Å². The topological polar surface area (TPSA) is 38.9 Å². The number of nitrogens with zero attached hydrogens (tertiary/aromatic N) is 1. The Hall–Kier alpha value is -1.90. The predicted molar refractivity (Wildman–Crippen MR) is 58.8 cm³/mol. The highest BCUT2D eigenvalue weighted by atomic mass is 19.1. The molecule has 0 spiro atoms. The maximum absolute atomic E-state index is 13.4. The number of halogens is 1. The van der Waals surface area contributed by atoms with Crippen LogP contribution in [0.3, 0.4) is 0 Å². The molecule has 76 valence electrons. The molecule has 0 atom stereocenters. The maximum Gasteiger partial charge on any atom is 0.149 e. The van der Waals surface area contributed by atoms with E-state index < -0.39 is 0 Å². The van der Waals surface area contributed by atoms with E-state index in [9.17, 15) is 4.39 Å². The van der Waals surface area contributed by atoms with Crippen LogP contribution in [0.15, 0.2) is 36.7 Å². The van der Waals surface area contributed by atoms with Gasteiger partial charge in [0.2, 0.25) is 0 Å². The lowest BCUT2D eigenvalue weighted by Gasteiger charge is -2.05. The first-order chi connectivity index (χ1) is 7.18. The minimum Gasteiger partial charge on any atom is -0.398 e. The van der Waals surface area contributed by atoms with E-state index in [0.717, 1.165) is 11.1 Å². The monoisotopic (exact) mass is 202 g/mol. The summed E-state index contributed by atoms with van der Waals surface area (Å²) in [6, 6.07) is 7.14. The second-order valence-electron chi connectivity index (χ2n) is 3.43. The van der Waals surface area contributed by atoms with Crippen LogP contribution in [-0.4, -0.2) is 4.98 Å². The lowest BCUT2D eigenvalue weighted by molar-refractivity contribution is 0.625. The number of rotatable bonds is 1. The van der Waals surface area contributed by atoms with Gasteiger partial charge in [0.15, 0.2) is 0 Å². The molecule has 3 heteroatoms. The number of nitrogen functional groups attached to an aromatic ring is 1. The van der Waals surface area contributed by atoms with Crippen LogP contribution in [0.2, 0.25) is 0 Å². The fourth-order valence-corrected chi connectivity index (χ4v) is 1.42. The molecule has 0 bridgehead atoms. The van der Waals surface area contributed by atoms with Gasteiger partial charge >= 0.3 is 0 Å². The summed E-state index contributed by atoms with van der Waals surface area (Å²) in [4.78, 5) is 3.70. The van der Waals surface area contributed by atoms with E-state index in [1.807, 2.05) is 19.1 Å². The zero-order valence-corrected chi connectivity index (χ0v) is 8.37. The predicted octanol–water partition coefficient (Wildman–Crippen LogP) is 2.78. The van der Waals surface area contributed by atoms with Crippen LogP contribution < -0.4 is 5.73 Å². The van der Waals surface area contributed by atoms with Crippen LogP contribution in [0, 0.1) is 12.7 Å². The fourth-order valence-electron chi connectivity index (χ4n) is 1.42. The highest BCUT2D eigenvalue weighted by Crippen LogP contribution is 2.25. The fraction of sp³-hybridized carbons (Fsp3) is 0.0833. The first-order valence-electron chi connectivity index (χ1n) is 4.64. The molecule has 2 nitrogen and oxygen atoms in total. The van der Waals surface area contributed by atoms with Crippen molar-refractivity contribution < 1.29 is 4.39 Å². The van der Waals surface area contributed by atoms with E-state index in [-0.39, 0.29) is 5.82 Å². The zero-order valence-electron chi connectivity index (χ0n) is 8.37. The summed E-state index contributed by atoms with van der Waals surface area (Å²) in [6.45, 7) is 1.92. The van der Waals surface area contributed by atoms with E-state index in [0.29, 0.717) is 11.3 Å². The van der Waals surface area contributed by atoms with Crippen LogP contribution >= 0.6 is 0 Å². The molecule has 0 unspecified atom stereocenters. The minimum absolute atomic E-state index is 0.333. The van der Waals surface area contributed by atoms with Gasteiger partial charge in [0, 0.05) is 17.4 Å². The van der Waals surface area contributed by atoms with Crippen molar-refractivity contribution in [3.63, 3.8) is 0 Å². The quantitative estimate of drug-likeness (QED) is 0.722. The third kappa shape index (κ3) is 1.81. The Bertz CT molecular complexity index is 495. The van der Waals surface area contributed by atoms with Crippen molar-refractivity contribution in [2.24, 2.45) is 0 Å². The normalized spacial score (nSPS) is 10.3. The summed E-state index contributed by atoms with van der Waals surface area (Å²) in [5.41, 5.74) is 8.73. The molecular formula is C12H11FN2. The number of benzene rings is 1. The second-order valence-corrected chi connectivity index (χ2v) is 3.43. The first-order valence-corrected chi connectivity index (χ1v) is 4.64. The van der Waals surface area contributed by atoms with Crippen molar-refractivity contribution in [1.82, 2.24) is 4.98 Å². The average Bonchev–Trinajstić information content (AvgIpc) is 2.23. The summed E-state index contributed by atoms with van der Waals surface area (Å²) in [6.07, 6.45) is 2.76. The van der Waals surface area contributed by atoms with Gasteiger partial charge in [-0.15, -0.1) is 0 Å². The molecule has 0 saturated heterocycles. The molecule has 2 rings (SSSR count). The molecule has 1 aromatic carbocycles. The second kappa shape index (κ2) is 3.69. The van der Waals surface area contributed by atoms with Crippen LogP contribution in [0.5, 0.6) is 0 Å². The van der Waals surface area contributed by atoms with Gasteiger partial charge in [-0.2, -0.15) is 0 Å². The smallest absolute Gasteiger partial charge is 0.149 e. The molecule has 0 aliphatic carbocycles. The number of hydrogen-bond donors (Lipinski definition) is 1. The van der Waals surface area contributed by atoms with Gasteiger partial charge in [-0.05, 0) is 30.2 Å². The van der Waals surface area contributed by atoms with Crippen LogP contribution in [0.4, 0.5) is 10.1 Å².